The van der Waals surface area contributed by atoms with Gasteiger partial charge in [0.25, 0.3) is 0 Å². The van der Waals surface area contributed by atoms with Crippen molar-refractivity contribution in [3.63, 3.8) is 0 Å². The monoisotopic (exact) mass is 307 g/mol. The van der Waals surface area contributed by atoms with E-state index in [9.17, 15) is 0 Å². The molecule has 13 heavy (non-hydrogen) atoms. The van der Waals surface area contributed by atoms with Gasteiger partial charge < -0.3 is 4.74 Å². The van der Waals surface area contributed by atoms with Crippen LogP contribution in [0.15, 0.2) is 12.1 Å². The highest BCUT2D eigenvalue weighted by molar-refractivity contribution is 14.1. The molecule has 4 heteroatoms. The van der Waals surface area contributed by atoms with Gasteiger partial charge in [-0.3, -0.25) is 0 Å². The maximum Gasteiger partial charge on any atom is 0.137 e. The molecule has 0 bridgehead atoms. The van der Waals surface area contributed by atoms with E-state index in [0.29, 0.717) is 17.2 Å². The van der Waals surface area contributed by atoms with Gasteiger partial charge in [-0.25, -0.2) is 0 Å². The molecule has 1 rings (SSSR count). The first-order valence-electron chi connectivity index (χ1n) is 3.55. The second-order valence-electron chi connectivity index (χ2n) is 2.39. The Bertz CT molecular complexity index is 359. The zero-order chi connectivity index (χ0) is 9.84. The summed E-state index contributed by atoms with van der Waals surface area (Å²) >= 11 is 7.87. The molecule has 0 N–H and O–H groups in total. The van der Waals surface area contributed by atoms with Gasteiger partial charge in [0.15, 0.2) is 0 Å². The molecule has 2 nitrogen and oxygen atoms in total. The number of hydrogen-bond donors (Lipinski definition) is 0. The Kier molecular flexibility index (Phi) is 3.82. The van der Waals surface area contributed by atoms with Gasteiger partial charge in [0.1, 0.15) is 11.8 Å². The highest BCUT2D eigenvalue weighted by Crippen LogP contribution is 2.25. The smallest absolute Gasteiger partial charge is 0.137 e. The molecule has 1 aromatic rings. The van der Waals surface area contributed by atoms with Gasteiger partial charge in [-0.2, -0.15) is 5.26 Å². The van der Waals surface area contributed by atoms with Gasteiger partial charge in [-0.1, -0.05) is 0 Å². The molecule has 0 saturated carbocycles. The second-order valence-corrected chi connectivity index (χ2v) is 3.82. The Morgan fingerprint density at radius 2 is 2.31 bits per heavy atom. The number of nitrogens with zero attached hydrogens (tertiary/aromatic N) is 1. The molecule has 0 aliphatic rings. The van der Waals surface area contributed by atoms with Gasteiger partial charge in [0, 0.05) is 9.45 Å². The van der Waals surface area contributed by atoms with Crippen LogP contribution < -0.4 is 4.74 Å². The molecule has 0 amide bonds. The van der Waals surface area contributed by atoms with Crippen molar-refractivity contribution in [1.29, 1.82) is 5.26 Å². The standard InChI is InChI=1S/C9H7ClINO/c1-13-9-3-8(11)6(4-10)2-7(9)5-12/h2-3H,4H2,1H3. The van der Waals surface area contributed by atoms with E-state index in [2.05, 4.69) is 28.7 Å². The zero-order valence-corrected chi connectivity index (χ0v) is 9.89. The normalized spacial score (nSPS) is 9.38. The molecule has 68 valence electrons. The van der Waals surface area contributed by atoms with Crippen LogP contribution in [-0.4, -0.2) is 7.11 Å². The number of halogens is 2. The van der Waals surface area contributed by atoms with Crippen LogP contribution in [0.1, 0.15) is 11.1 Å². The van der Waals surface area contributed by atoms with Crippen molar-refractivity contribution >= 4 is 34.2 Å². The molecule has 0 unspecified atom stereocenters. The molecule has 0 fully saturated rings. The predicted molar refractivity (Wildman–Crippen MR) is 60.0 cm³/mol. The van der Waals surface area contributed by atoms with E-state index in [0.717, 1.165) is 9.13 Å². The van der Waals surface area contributed by atoms with Crippen molar-refractivity contribution in [2.24, 2.45) is 0 Å². The summed E-state index contributed by atoms with van der Waals surface area (Å²) in [5, 5.41) is 8.78. The van der Waals surface area contributed by atoms with Crippen LogP contribution in [0.4, 0.5) is 0 Å². The van der Waals surface area contributed by atoms with Crippen LogP contribution in [-0.2, 0) is 5.88 Å². The molecule has 1 aromatic carbocycles. The summed E-state index contributed by atoms with van der Waals surface area (Å²) in [6.07, 6.45) is 0. The minimum atomic E-state index is 0.414. The number of nitriles is 1. The van der Waals surface area contributed by atoms with E-state index in [1.54, 1.807) is 13.2 Å². The highest BCUT2D eigenvalue weighted by Gasteiger charge is 2.07. The minimum Gasteiger partial charge on any atom is -0.495 e. The summed E-state index contributed by atoms with van der Waals surface area (Å²) in [7, 11) is 1.55. The molecule has 0 saturated heterocycles. The third kappa shape index (κ3) is 2.26. The Balaban J connectivity index is 3.28. The first-order chi connectivity index (χ1) is 6.22. The summed E-state index contributed by atoms with van der Waals surface area (Å²) in [6.45, 7) is 0. The molecular weight excluding hydrogens is 300 g/mol. The fraction of sp³-hybridized carbons (Fsp3) is 0.222. The van der Waals surface area contributed by atoms with Gasteiger partial charge in [-0.05, 0) is 40.3 Å². The van der Waals surface area contributed by atoms with E-state index in [1.165, 1.54) is 0 Å². The Hall–Kier alpha value is -0.470. The largest absolute Gasteiger partial charge is 0.495 e. The minimum absolute atomic E-state index is 0.414. The Morgan fingerprint density at radius 3 is 2.77 bits per heavy atom. The molecule has 0 atom stereocenters. The predicted octanol–water partition coefficient (Wildman–Crippen LogP) is 2.91. The number of rotatable bonds is 2. The van der Waals surface area contributed by atoms with Gasteiger partial charge >= 0.3 is 0 Å². The topological polar surface area (TPSA) is 33.0 Å². The van der Waals surface area contributed by atoms with Crippen molar-refractivity contribution in [2.75, 3.05) is 7.11 Å². The van der Waals surface area contributed by atoms with Gasteiger partial charge in [0.05, 0.1) is 12.7 Å². The van der Waals surface area contributed by atoms with E-state index in [4.69, 9.17) is 21.6 Å². The fourth-order valence-corrected chi connectivity index (χ4v) is 2.03. The van der Waals surface area contributed by atoms with E-state index in [1.807, 2.05) is 6.07 Å². The maximum atomic E-state index is 8.78. The van der Waals surface area contributed by atoms with E-state index >= 15 is 0 Å². The van der Waals surface area contributed by atoms with Crippen LogP contribution >= 0.6 is 34.2 Å². The zero-order valence-electron chi connectivity index (χ0n) is 6.97. The number of methoxy groups -OCH3 is 1. The third-order valence-electron chi connectivity index (χ3n) is 1.63. The van der Waals surface area contributed by atoms with Crippen molar-refractivity contribution in [1.82, 2.24) is 0 Å². The first-order valence-corrected chi connectivity index (χ1v) is 5.16. The quantitative estimate of drug-likeness (QED) is 0.622. The second kappa shape index (κ2) is 4.68. The van der Waals surface area contributed by atoms with Crippen LogP contribution in [0, 0.1) is 14.9 Å². The summed E-state index contributed by atoms with van der Waals surface area (Å²) in [4.78, 5) is 0. The van der Waals surface area contributed by atoms with Crippen LogP contribution in [0.3, 0.4) is 0 Å². The SMILES string of the molecule is COc1cc(I)c(CCl)cc1C#N. The molecule has 0 radical (unpaired) electrons. The lowest BCUT2D eigenvalue weighted by atomic mass is 10.1. The highest BCUT2D eigenvalue weighted by atomic mass is 127. The molecule has 0 heterocycles. The number of ether oxygens (including phenoxy) is 1. The van der Waals surface area contributed by atoms with E-state index < -0.39 is 0 Å². The number of hydrogen-bond acceptors (Lipinski definition) is 2. The van der Waals surface area contributed by atoms with Crippen LogP contribution in [0.5, 0.6) is 5.75 Å². The lowest BCUT2D eigenvalue weighted by Crippen LogP contribution is -1.92. The molecule has 0 aliphatic carbocycles. The molecule has 0 spiro atoms. The number of alkyl halides is 1. The van der Waals surface area contributed by atoms with Gasteiger partial charge in [0.2, 0.25) is 0 Å². The van der Waals surface area contributed by atoms with E-state index in [-0.39, 0.29) is 0 Å². The third-order valence-corrected chi connectivity index (χ3v) is 2.93. The number of benzene rings is 1. The molecular formula is C9H7ClINO. The summed E-state index contributed by atoms with van der Waals surface area (Å²) in [5.74, 6) is 1.01. The average Bonchev–Trinajstić information content (AvgIpc) is 2.17. The summed E-state index contributed by atoms with van der Waals surface area (Å²) < 4.78 is 6.06. The van der Waals surface area contributed by atoms with Crippen LogP contribution in [0.2, 0.25) is 0 Å². The fourth-order valence-electron chi connectivity index (χ4n) is 0.959. The van der Waals surface area contributed by atoms with Crippen molar-refractivity contribution < 1.29 is 4.74 Å². The Labute approximate surface area is 95.6 Å². The average molecular weight is 308 g/mol. The summed E-state index contributed by atoms with van der Waals surface area (Å²) in [6, 6.07) is 5.64. The Morgan fingerprint density at radius 1 is 1.62 bits per heavy atom. The van der Waals surface area contributed by atoms with Crippen LogP contribution in [0.25, 0.3) is 0 Å². The van der Waals surface area contributed by atoms with Crippen molar-refractivity contribution in [3.8, 4) is 11.8 Å². The van der Waals surface area contributed by atoms with Crippen molar-refractivity contribution in [2.45, 2.75) is 5.88 Å². The first kappa shape index (κ1) is 10.6. The summed E-state index contributed by atoms with van der Waals surface area (Å²) in [5.41, 5.74) is 1.48. The maximum absolute atomic E-state index is 8.78. The lowest BCUT2D eigenvalue weighted by molar-refractivity contribution is 0.413. The lowest BCUT2D eigenvalue weighted by Gasteiger charge is -2.06. The molecule has 0 aromatic heterocycles. The van der Waals surface area contributed by atoms with Gasteiger partial charge in [-0.15, -0.1) is 11.6 Å². The molecule has 0 aliphatic heterocycles. The van der Waals surface area contributed by atoms with Crippen molar-refractivity contribution in [3.05, 3.63) is 26.8 Å².